The molecule has 0 amide bonds. The summed E-state index contributed by atoms with van der Waals surface area (Å²) in [5, 5.41) is 31.3. The highest BCUT2D eigenvalue weighted by Crippen LogP contribution is 2.17. The summed E-state index contributed by atoms with van der Waals surface area (Å²) in [6.07, 6.45) is 0. The van der Waals surface area contributed by atoms with Crippen molar-refractivity contribution in [1.29, 1.82) is 0 Å². The third-order valence-electron chi connectivity index (χ3n) is 0.841. The van der Waals surface area contributed by atoms with E-state index in [1.165, 1.54) is 5.43 Å². The maximum Gasteiger partial charge on any atom is 0.464 e. The molecule has 78 valence electrons. The van der Waals surface area contributed by atoms with Crippen LogP contribution in [0.5, 0.6) is 0 Å². The normalized spacial score (nSPS) is 8.43. The molecule has 0 spiro atoms. The van der Waals surface area contributed by atoms with E-state index in [1.807, 2.05) is 0 Å². The Morgan fingerprint density at radius 2 is 1.93 bits per heavy atom. The van der Waals surface area contributed by atoms with Crippen LogP contribution in [0.15, 0.2) is 4.63 Å². The molecular formula is C2H5N6O6+. The van der Waals surface area contributed by atoms with Crippen LogP contribution in [0, 0.1) is 20.2 Å². The monoisotopic (exact) mass is 209 g/mol. The second kappa shape index (κ2) is 5.33. The topological polar surface area (TPSA) is 185 Å². The molecule has 14 heavy (non-hydrogen) atoms. The fourth-order valence-electron chi connectivity index (χ4n) is 0.461. The molecule has 0 radical (unpaired) electrons. The Labute approximate surface area is 74.5 Å². The van der Waals surface area contributed by atoms with Gasteiger partial charge in [0.05, 0.1) is 0 Å². The van der Waals surface area contributed by atoms with Crippen LogP contribution in [-0.2, 0) is 0 Å². The fraction of sp³-hybridized carbons (Fsp3) is 0. The zero-order valence-corrected chi connectivity index (χ0v) is 6.48. The molecule has 0 aliphatic rings. The average molecular weight is 209 g/mol. The van der Waals surface area contributed by atoms with Crippen molar-refractivity contribution in [2.75, 3.05) is 5.43 Å². The summed E-state index contributed by atoms with van der Waals surface area (Å²) in [5.41, 5.74) is 1.45. The van der Waals surface area contributed by atoms with Gasteiger partial charge >= 0.3 is 11.6 Å². The number of nitro groups is 2. The average Bonchev–Trinajstić information content (AvgIpc) is 2.55. The Balaban J connectivity index is 0.000000791. The Kier molecular flexibility index (Phi) is 4.44. The van der Waals surface area contributed by atoms with Crippen molar-refractivity contribution in [3.8, 4) is 0 Å². The lowest BCUT2D eigenvalue weighted by Crippen LogP contribution is -2.42. The highest BCUT2D eigenvalue weighted by Gasteiger charge is 2.25. The second-order valence-electron chi connectivity index (χ2n) is 1.56. The van der Waals surface area contributed by atoms with E-state index >= 15 is 0 Å². The maximum absolute atomic E-state index is 10.0. The van der Waals surface area contributed by atoms with Crippen molar-refractivity contribution in [3.05, 3.63) is 20.2 Å². The van der Waals surface area contributed by atoms with Gasteiger partial charge in [-0.2, -0.15) is 0 Å². The van der Waals surface area contributed by atoms with Gasteiger partial charge in [-0.15, -0.1) is 4.63 Å². The summed E-state index contributed by atoms with van der Waals surface area (Å²) < 4.78 is 3.90. The van der Waals surface area contributed by atoms with Crippen LogP contribution in [0.3, 0.4) is 0 Å². The van der Waals surface area contributed by atoms with Crippen LogP contribution in [0.25, 0.3) is 0 Å². The lowest BCUT2D eigenvalue weighted by Gasteiger charge is -1.88. The largest absolute Gasteiger partial charge is 0.464 e. The zero-order valence-electron chi connectivity index (χ0n) is 6.48. The number of rotatable bonds is 3. The molecule has 1 heterocycles. The number of nitrogens with one attached hydrogen (secondary N) is 1. The minimum absolute atomic E-state index is 0.634. The number of hydrogen-bond acceptors (Lipinski definition) is 8. The van der Waals surface area contributed by atoms with Gasteiger partial charge in [-0.25, -0.2) is 21.2 Å². The van der Waals surface area contributed by atoms with E-state index in [0.717, 1.165) is 0 Å². The van der Waals surface area contributed by atoms with E-state index < -0.39 is 21.6 Å². The Morgan fingerprint density at radius 1 is 1.36 bits per heavy atom. The van der Waals surface area contributed by atoms with Crippen molar-refractivity contribution in [1.82, 2.24) is 10.3 Å². The van der Waals surface area contributed by atoms with Crippen LogP contribution < -0.4 is 11.3 Å². The van der Waals surface area contributed by atoms with Gasteiger partial charge in [0, 0.05) is 5.16 Å². The third-order valence-corrected chi connectivity index (χ3v) is 0.841. The van der Waals surface area contributed by atoms with Gasteiger partial charge in [0.2, 0.25) is 0 Å². The van der Waals surface area contributed by atoms with Gasteiger partial charge in [0.15, 0.2) is 10.2 Å². The molecule has 5 N–H and O–H groups in total. The van der Waals surface area contributed by atoms with E-state index in [2.05, 4.69) is 20.8 Å². The molecule has 0 aromatic carbocycles. The third kappa shape index (κ3) is 2.95. The van der Waals surface area contributed by atoms with Gasteiger partial charge < -0.3 is 10.1 Å². The van der Waals surface area contributed by atoms with Gasteiger partial charge in [-0.05, 0) is 4.92 Å². The molecule has 0 aliphatic carbocycles. The van der Waals surface area contributed by atoms with E-state index in [0.29, 0.717) is 0 Å². The maximum atomic E-state index is 10.0. The predicted octanol–water partition coefficient (Wildman–Crippen LogP) is -1.80. The van der Waals surface area contributed by atoms with Gasteiger partial charge in [-0.1, -0.05) is 5.43 Å². The minimum Gasteiger partial charge on any atom is -0.358 e. The number of hydrogen-bond donors (Lipinski definition) is 3. The molecule has 12 heteroatoms. The van der Waals surface area contributed by atoms with E-state index in [9.17, 15) is 20.2 Å². The highest BCUT2D eigenvalue weighted by atomic mass is 16.7. The molecular weight excluding hydrogens is 204 g/mol. The second-order valence-corrected chi connectivity index (χ2v) is 1.56. The van der Waals surface area contributed by atoms with Crippen molar-refractivity contribution >= 4 is 11.6 Å². The van der Waals surface area contributed by atoms with Crippen molar-refractivity contribution < 1.29 is 25.7 Å². The van der Waals surface area contributed by atoms with Gasteiger partial charge in [0.1, 0.15) is 0 Å². The number of hydrazine groups is 1. The van der Waals surface area contributed by atoms with E-state index in [1.54, 1.807) is 0 Å². The lowest BCUT2D eigenvalue weighted by molar-refractivity contribution is -0.670. The molecule has 1 aromatic heterocycles. The lowest BCUT2D eigenvalue weighted by atomic mass is 10.7. The SMILES string of the molecule is O=[N+]([O-])Nc1nonc1[N+](=O)[O-].[NH3+]O. The van der Waals surface area contributed by atoms with Crippen LogP contribution >= 0.6 is 0 Å². The number of anilines is 1. The fourth-order valence-corrected chi connectivity index (χ4v) is 0.461. The van der Waals surface area contributed by atoms with Crippen LogP contribution in [0.2, 0.25) is 0 Å². The van der Waals surface area contributed by atoms with E-state index in [4.69, 9.17) is 5.21 Å². The quantitative estimate of drug-likeness (QED) is 0.381. The predicted molar refractivity (Wildman–Crippen MR) is 36.2 cm³/mol. The summed E-state index contributed by atoms with van der Waals surface area (Å²) in [6, 6.07) is 0. The zero-order chi connectivity index (χ0) is 11.1. The first-order chi connectivity index (χ1) is 6.61. The molecule has 0 fully saturated rings. The summed E-state index contributed by atoms with van der Waals surface area (Å²) in [5.74, 6) is 0.789. The summed E-state index contributed by atoms with van der Waals surface area (Å²) in [6.45, 7) is 0. The Hall–Kier alpha value is -2.34. The summed E-state index contributed by atoms with van der Waals surface area (Å²) in [4.78, 5) is 18.9. The highest BCUT2D eigenvalue weighted by molar-refractivity contribution is 5.46. The number of nitrogens with zero attached hydrogens (tertiary/aromatic N) is 4. The van der Waals surface area contributed by atoms with E-state index in [-0.39, 0.29) is 0 Å². The molecule has 1 aromatic rings. The summed E-state index contributed by atoms with van der Waals surface area (Å²) >= 11 is 0. The number of aromatic nitrogens is 2. The molecule has 12 nitrogen and oxygen atoms in total. The molecule has 0 aliphatic heterocycles. The van der Waals surface area contributed by atoms with Crippen molar-refractivity contribution in [2.24, 2.45) is 0 Å². The molecule has 0 atom stereocenters. The molecule has 0 unspecified atom stereocenters. The van der Waals surface area contributed by atoms with Gasteiger partial charge in [-0.3, -0.25) is 0 Å². The van der Waals surface area contributed by atoms with Crippen molar-refractivity contribution in [3.63, 3.8) is 0 Å². The first kappa shape index (κ1) is 11.7. The van der Waals surface area contributed by atoms with Crippen LogP contribution in [-0.4, -0.2) is 25.5 Å². The molecule has 0 saturated carbocycles. The first-order valence-corrected chi connectivity index (χ1v) is 2.81. The first-order valence-electron chi connectivity index (χ1n) is 2.81. The number of quaternary nitrogens is 1. The summed E-state index contributed by atoms with van der Waals surface area (Å²) in [7, 11) is 0. The molecule has 0 saturated heterocycles. The van der Waals surface area contributed by atoms with Crippen molar-refractivity contribution in [2.45, 2.75) is 0 Å². The minimum atomic E-state index is -1.01. The van der Waals surface area contributed by atoms with Crippen LogP contribution in [0.4, 0.5) is 11.6 Å². The van der Waals surface area contributed by atoms with Gasteiger partial charge in [0.25, 0.3) is 0 Å². The molecule has 0 bridgehead atoms. The Bertz CT molecular complexity index is 320. The Morgan fingerprint density at radius 3 is 2.36 bits per heavy atom. The molecule has 1 rings (SSSR count). The standard InChI is InChI=1S/C2HN5O5.H4NO/c8-6(9)2-1(3-7(10)11)4-12-5-2;1-2/h(H,3,4);2H,1H3/q;+1. The van der Waals surface area contributed by atoms with Crippen LogP contribution in [0.1, 0.15) is 0 Å². The smallest absolute Gasteiger partial charge is 0.358 e.